The topological polar surface area (TPSA) is 92.7 Å². The number of methoxy groups -OCH3 is 5. The van der Waals surface area contributed by atoms with Crippen LogP contribution in [0.25, 0.3) is 0 Å². The van der Waals surface area contributed by atoms with Gasteiger partial charge in [-0.25, -0.2) is 0 Å². The third kappa shape index (κ3) is 3.00. The van der Waals surface area contributed by atoms with Gasteiger partial charge in [0.2, 0.25) is 17.2 Å². The number of phenolic OH excluding ortho intramolecular Hbond substituents is 1. The summed E-state index contributed by atoms with van der Waals surface area (Å²) in [5.41, 5.74) is 0.721. The highest BCUT2D eigenvalue weighted by atomic mass is 16.6. The maximum atomic E-state index is 12.9. The number of carbonyl (C=O) groups is 1. The van der Waals surface area contributed by atoms with E-state index < -0.39 is 6.10 Å². The van der Waals surface area contributed by atoms with E-state index in [2.05, 4.69) is 0 Å². The van der Waals surface area contributed by atoms with Crippen LogP contribution in [0.5, 0.6) is 40.2 Å². The molecule has 1 aliphatic rings. The smallest absolute Gasteiger partial charge is 0.211 e. The second-order valence-electron chi connectivity index (χ2n) is 6.00. The molecule has 28 heavy (non-hydrogen) atoms. The van der Waals surface area contributed by atoms with E-state index in [0.29, 0.717) is 17.1 Å². The molecule has 0 unspecified atom stereocenters. The van der Waals surface area contributed by atoms with Crippen LogP contribution >= 0.6 is 0 Å². The van der Waals surface area contributed by atoms with Crippen LogP contribution < -0.4 is 28.4 Å². The van der Waals surface area contributed by atoms with Crippen molar-refractivity contribution in [2.75, 3.05) is 35.5 Å². The zero-order valence-corrected chi connectivity index (χ0v) is 16.3. The lowest BCUT2D eigenvalue weighted by molar-refractivity contribution is 0.0833. The zero-order valence-electron chi connectivity index (χ0n) is 16.3. The molecule has 1 aliphatic heterocycles. The molecule has 0 radical (unpaired) electrons. The predicted molar refractivity (Wildman–Crippen MR) is 99.6 cm³/mol. The molecule has 150 valence electrons. The van der Waals surface area contributed by atoms with Gasteiger partial charge in [0.15, 0.2) is 28.8 Å². The van der Waals surface area contributed by atoms with Crippen molar-refractivity contribution < 1.29 is 38.3 Å². The number of carbonyl (C=O) groups excluding carboxylic acids is 1. The number of benzene rings is 2. The highest BCUT2D eigenvalue weighted by Gasteiger charge is 2.38. The van der Waals surface area contributed by atoms with E-state index in [9.17, 15) is 9.90 Å². The first-order valence-corrected chi connectivity index (χ1v) is 8.47. The van der Waals surface area contributed by atoms with Crippen LogP contribution in [0, 0.1) is 0 Å². The fraction of sp³-hybridized carbons (Fsp3) is 0.350. The number of aromatic hydroxyl groups is 1. The van der Waals surface area contributed by atoms with E-state index in [1.165, 1.54) is 28.4 Å². The SMILES string of the molecule is COc1ccc([C@@H]2CC(=O)c3c(O)c(OC)c(OC)c(OC)c3O2)cc1OC. The first kappa shape index (κ1) is 19.5. The number of fused-ring (bicyclic) bond motifs is 1. The normalized spacial score (nSPS) is 15.3. The summed E-state index contributed by atoms with van der Waals surface area (Å²) in [6.07, 6.45) is -0.583. The van der Waals surface area contributed by atoms with Crippen LogP contribution in [0.4, 0.5) is 0 Å². The molecule has 0 saturated heterocycles. The number of hydrogen-bond acceptors (Lipinski definition) is 8. The maximum Gasteiger partial charge on any atom is 0.211 e. The fourth-order valence-electron chi connectivity index (χ4n) is 3.27. The maximum absolute atomic E-state index is 12.9. The van der Waals surface area contributed by atoms with Gasteiger partial charge in [0.1, 0.15) is 11.7 Å². The van der Waals surface area contributed by atoms with Crippen molar-refractivity contribution in [3.63, 3.8) is 0 Å². The van der Waals surface area contributed by atoms with Crippen molar-refractivity contribution in [3.8, 4) is 40.2 Å². The largest absolute Gasteiger partial charge is 0.504 e. The van der Waals surface area contributed by atoms with Gasteiger partial charge in [-0.1, -0.05) is 6.07 Å². The van der Waals surface area contributed by atoms with Crippen LogP contribution in [0.2, 0.25) is 0 Å². The number of phenols is 1. The van der Waals surface area contributed by atoms with E-state index in [-0.39, 0.29) is 46.5 Å². The number of ketones is 1. The summed E-state index contributed by atoms with van der Waals surface area (Å²) < 4.78 is 32.6. The van der Waals surface area contributed by atoms with Crippen LogP contribution in [-0.4, -0.2) is 46.4 Å². The molecule has 0 aromatic heterocycles. The van der Waals surface area contributed by atoms with E-state index in [1.807, 2.05) is 0 Å². The standard InChI is InChI=1S/C20H22O8/c1-23-12-7-6-10(8-14(12)24-2)13-9-11(21)15-16(22)18(25-3)20(27-5)19(26-4)17(15)28-13/h6-8,13,22H,9H2,1-5H3/t13-/m0/s1. The fourth-order valence-corrected chi connectivity index (χ4v) is 3.27. The van der Waals surface area contributed by atoms with Gasteiger partial charge in [0.05, 0.1) is 42.0 Å². The van der Waals surface area contributed by atoms with Gasteiger partial charge < -0.3 is 33.5 Å². The summed E-state index contributed by atoms with van der Waals surface area (Å²) in [5.74, 6) is 0.865. The quantitative estimate of drug-likeness (QED) is 0.804. The predicted octanol–water partition coefficient (Wildman–Crippen LogP) is 3.14. The minimum atomic E-state index is -0.605. The summed E-state index contributed by atoms with van der Waals surface area (Å²) >= 11 is 0. The second kappa shape index (κ2) is 7.75. The van der Waals surface area contributed by atoms with E-state index in [4.69, 9.17) is 28.4 Å². The number of ether oxygens (including phenoxy) is 6. The minimum absolute atomic E-state index is 0.00577. The summed E-state index contributed by atoms with van der Waals surface area (Å²) in [7, 11) is 7.26. The van der Waals surface area contributed by atoms with Crippen molar-refractivity contribution in [2.24, 2.45) is 0 Å². The van der Waals surface area contributed by atoms with E-state index >= 15 is 0 Å². The van der Waals surface area contributed by atoms with Crippen molar-refractivity contribution in [2.45, 2.75) is 12.5 Å². The molecule has 2 aromatic carbocycles. The van der Waals surface area contributed by atoms with Gasteiger partial charge in [-0.2, -0.15) is 0 Å². The summed E-state index contributed by atoms with van der Waals surface area (Å²) in [5, 5.41) is 10.5. The van der Waals surface area contributed by atoms with E-state index in [1.54, 1.807) is 25.3 Å². The van der Waals surface area contributed by atoms with E-state index in [0.717, 1.165) is 0 Å². The molecule has 8 nitrogen and oxygen atoms in total. The Hall–Kier alpha value is -3.29. The molecule has 1 N–H and O–H groups in total. The molecule has 0 fully saturated rings. The molecule has 1 heterocycles. The van der Waals surface area contributed by atoms with Crippen molar-refractivity contribution in [1.29, 1.82) is 0 Å². The minimum Gasteiger partial charge on any atom is -0.504 e. The molecule has 0 aliphatic carbocycles. The highest BCUT2D eigenvalue weighted by molar-refractivity contribution is 6.05. The average molecular weight is 390 g/mol. The Kier molecular flexibility index (Phi) is 5.39. The van der Waals surface area contributed by atoms with Crippen molar-refractivity contribution >= 4 is 5.78 Å². The summed E-state index contributed by atoms with van der Waals surface area (Å²) in [4.78, 5) is 12.9. The Morgan fingerprint density at radius 3 is 2.11 bits per heavy atom. The van der Waals surface area contributed by atoms with Crippen molar-refractivity contribution in [1.82, 2.24) is 0 Å². The third-order valence-corrected chi connectivity index (χ3v) is 4.60. The van der Waals surface area contributed by atoms with Gasteiger partial charge >= 0.3 is 0 Å². The molecule has 0 bridgehead atoms. The first-order valence-electron chi connectivity index (χ1n) is 8.47. The molecular formula is C20H22O8. The lowest BCUT2D eigenvalue weighted by atomic mass is 9.94. The second-order valence-corrected chi connectivity index (χ2v) is 6.00. The molecular weight excluding hydrogens is 368 g/mol. The molecule has 0 spiro atoms. The van der Waals surface area contributed by atoms with Gasteiger partial charge in [-0.15, -0.1) is 0 Å². The highest BCUT2D eigenvalue weighted by Crippen LogP contribution is 2.56. The van der Waals surface area contributed by atoms with Gasteiger partial charge in [0.25, 0.3) is 0 Å². The Morgan fingerprint density at radius 2 is 1.54 bits per heavy atom. The van der Waals surface area contributed by atoms with Crippen LogP contribution in [-0.2, 0) is 0 Å². The molecule has 0 amide bonds. The van der Waals surface area contributed by atoms with Crippen LogP contribution in [0.3, 0.4) is 0 Å². The van der Waals surface area contributed by atoms with Gasteiger partial charge in [-0.3, -0.25) is 4.79 Å². The molecule has 0 saturated carbocycles. The Bertz CT molecular complexity index is 906. The molecule has 3 rings (SSSR count). The van der Waals surface area contributed by atoms with Crippen LogP contribution in [0.1, 0.15) is 28.4 Å². The lowest BCUT2D eigenvalue weighted by Gasteiger charge is -2.29. The summed E-state index contributed by atoms with van der Waals surface area (Å²) in [6, 6.07) is 5.27. The van der Waals surface area contributed by atoms with Crippen LogP contribution in [0.15, 0.2) is 18.2 Å². The third-order valence-electron chi connectivity index (χ3n) is 4.60. The number of rotatable bonds is 6. The zero-order chi connectivity index (χ0) is 20.4. The van der Waals surface area contributed by atoms with Gasteiger partial charge in [-0.05, 0) is 17.7 Å². The van der Waals surface area contributed by atoms with Crippen molar-refractivity contribution in [3.05, 3.63) is 29.3 Å². The average Bonchev–Trinajstić information content (AvgIpc) is 2.72. The monoisotopic (exact) mass is 390 g/mol. The lowest BCUT2D eigenvalue weighted by Crippen LogP contribution is -2.21. The molecule has 8 heteroatoms. The first-order chi connectivity index (χ1) is 13.5. The molecule has 1 atom stereocenters. The number of Topliss-reactive ketones (excluding diaryl/α,β-unsaturated/α-hetero) is 1. The Labute approximate surface area is 162 Å². The number of hydrogen-bond donors (Lipinski definition) is 1. The Morgan fingerprint density at radius 1 is 0.893 bits per heavy atom. The summed E-state index contributed by atoms with van der Waals surface area (Å²) in [6.45, 7) is 0. The van der Waals surface area contributed by atoms with Gasteiger partial charge in [0, 0.05) is 0 Å². The Balaban J connectivity index is 2.12. The molecule has 2 aromatic rings.